The van der Waals surface area contributed by atoms with Crippen LogP contribution in [-0.2, 0) is 9.09 Å². The zero-order chi connectivity index (χ0) is 8.41. The highest BCUT2D eigenvalue weighted by Crippen LogP contribution is 2.46. The lowest BCUT2D eigenvalue weighted by atomic mass is 10.2. The zero-order valence-corrected chi connectivity index (χ0v) is 7.95. The Morgan fingerprint density at radius 2 is 2.00 bits per heavy atom. The number of rotatable bonds is 2. The quantitative estimate of drug-likeness (QED) is 0.531. The van der Waals surface area contributed by atoms with E-state index < -0.39 is 13.2 Å². The third kappa shape index (κ3) is 5.24. The second kappa shape index (κ2) is 3.22. The van der Waals surface area contributed by atoms with E-state index in [0.717, 1.165) is 0 Å². The van der Waals surface area contributed by atoms with Crippen LogP contribution in [0.15, 0.2) is 0 Å². The first-order valence-electron chi connectivity index (χ1n) is 2.85. The van der Waals surface area contributed by atoms with Gasteiger partial charge in [-0.25, -0.2) is 0 Å². The van der Waals surface area contributed by atoms with E-state index in [1.807, 2.05) is 0 Å². The minimum absolute atomic E-state index is 0.357. The third-order valence-corrected chi connectivity index (χ3v) is 2.61. The molecular formula is C5H12ClO3P. The Labute approximate surface area is 65.9 Å². The molecule has 0 bridgehead atoms. The van der Waals surface area contributed by atoms with Crippen LogP contribution in [0.2, 0.25) is 0 Å². The molecule has 1 atom stereocenters. The molecule has 0 spiro atoms. The minimum Gasteiger partial charge on any atom is -0.323 e. The second-order valence-corrected chi connectivity index (χ2v) is 5.37. The largest absolute Gasteiger partial charge is 0.343 e. The van der Waals surface area contributed by atoms with Gasteiger partial charge in [-0.2, -0.15) is 0 Å². The van der Waals surface area contributed by atoms with Crippen molar-refractivity contribution in [3.05, 3.63) is 0 Å². The van der Waals surface area contributed by atoms with Crippen LogP contribution >= 0.6 is 19.2 Å². The van der Waals surface area contributed by atoms with Gasteiger partial charge >= 0.3 is 7.60 Å². The normalized spacial score (nSPS) is 18.5. The van der Waals surface area contributed by atoms with Crippen molar-refractivity contribution in [3.63, 3.8) is 0 Å². The van der Waals surface area contributed by atoms with Crippen molar-refractivity contribution in [1.29, 1.82) is 0 Å². The summed E-state index contributed by atoms with van der Waals surface area (Å²) in [5.41, 5.74) is -0.969. The van der Waals surface area contributed by atoms with E-state index >= 15 is 0 Å². The topological polar surface area (TPSA) is 46.5 Å². The summed E-state index contributed by atoms with van der Waals surface area (Å²) in [5, 5.41) is 0. The maximum Gasteiger partial charge on any atom is 0.343 e. The van der Waals surface area contributed by atoms with Crippen molar-refractivity contribution in [2.45, 2.75) is 26.4 Å². The van der Waals surface area contributed by atoms with E-state index in [1.165, 1.54) is 0 Å². The Morgan fingerprint density at radius 3 is 2.10 bits per heavy atom. The Hall–Kier alpha value is 0.440. The van der Waals surface area contributed by atoms with Gasteiger partial charge in [-0.05, 0) is 20.8 Å². The van der Waals surface area contributed by atoms with Gasteiger partial charge in [0.05, 0.1) is 5.60 Å². The maximum atomic E-state index is 10.8. The van der Waals surface area contributed by atoms with E-state index in [0.29, 0.717) is 0 Å². The van der Waals surface area contributed by atoms with Crippen LogP contribution in [0.25, 0.3) is 0 Å². The number of halogens is 1. The minimum atomic E-state index is -3.53. The summed E-state index contributed by atoms with van der Waals surface area (Å²) >= 11 is 5.16. The van der Waals surface area contributed by atoms with Crippen molar-refractivity contribution in [1.82, 2.24) is 0 Å². The molecular weight excluding hydrogens is 174 g/mol. The average Bonchev–Trinajstić information content (AvgIpc) is 1.60. The van der Waals surface area contributed by atoms with Crippen LogP contribution in [0.5, 0.6) is 0 Å². The van der Waals surface area contributed by atoms with Crippen LogP contribution < -0.4 is 0 Å². The Kier molecular flexibility index (Phi) is 3.37. The highest BCUT2D eigenvalue weighted by atomic mass is 35.5. The van der Waals surface area contributed by atoms with E-state index in [1.54, 1.807) is 20.8 Å². The summed E-state index contributed by atoms with van der Waals surface area (Å²) in [4.78, 5) is 8.86. The molecule has 0 aliphatic rings. The SMILES string of the molecule is CC(C)(C)OP(=O)(O)CCl. The van der Waals surface area contributed by atoms with Crippen molar-refractivity contribution in [2.24, 2.45) is 0 Å². The lowest BCUT2D eigenvalue weighted by Gasteiger charge is -2.21. The van der Waals surface area contributed by atoms with Gasteiger partial charge in [0.1, 0.15) is 5.62 Å². The molecule has 5 heteroatoms. The van der Waals surface area contributed by atoms with E-state index in [4.69, 9.17) is 21.0 Å². The molecule has 0 heterocycles. The second-order valence-electron chi connectivity index (χ2n) is 2.96. The molecule has 0 saturated heterocycles. The summed E-state index contributed by atoms with van der Waals surface area (Å²) in [7, 11) is -3.53. The first-order valence-corrected chi connectivity index (χ1v) is 5.15. The van der Waals surface area contributed by atoms with Gasteiger partial charge in [0.25, 0.3) is 0 Å². The van der Waals surface area contributed by atoms with Gasteiger partial charge in [0, 0.05) is 0 Å². The fourth-order valence-electron chi connectivity index (χ4n) is 0.452. The van der Waals surface area contributed by atoms with Gasteiger partial charge in [0.2, 0.25) is 0 Å². The molecule has 1 unspecified atom stereocenters. The van der Waals surface area contributed by atoms with Gasteiger partial charge < -0.3 is 9.42 Å². The average molecular weight is 187 g/mol. The van der Waals surface area contributed by atoms with E-state index in [-0.39, 0.29) is 5.62 Å². The van der Waals surface area contributed by atoms with Crippen LogP contribution in [-0.4, -0.2) is 16.1 Å². The summed E-state index contributed by atoms with van der Waals surface area (Å²) in [6.45, 7) is 5.09. The Bertz CT molecular complexity index is 151. The summed E-state index contributed by atoms with van der Waals surface area (Å²) in [6.07, 6.45) is 0. The predicted octanol–water partition coefficient (Wildman–Crippen LogP) is 2.18. The molecule has 1 N–H and O–H groups in total. The first kappa shape index (κ1) is 10.4. The molecule has 0 aromatic heterocycles. The van der Waals surface area contributed by atoms with Crippen LogP contribution in [0, 0.1) is 0 Å². The third-order valence-electron chi connectivity index (χ3n) is 0.568. The Balaban J connectivity index is 4.03. The van der Waals surface area contributed by atoms with Crippen LogP contribution in [0.4, 0.5) is 0 Å². The van der Waals surface area contributed by atoms with Crippen molar-refractivity contribution >= 4 is 19.2 Å². The lowest BCUT2D eigenvalue weighted by molar-refractivity contribution is 0.113. The number of hydrogen-bond donors (Lipinski definition) is 1. The molecule has 0 amide bonds. The van der Waals surface area contributed by atoms with Crippen LogP contribution in [0.1, 0.15) is 20.8 Å². The monoisotopic (exact) mass is 186 g/mol. The predicted molar refractivity (Wildman–Crippen MR) is 41.4 cm³/mol. The summed E-state index contributed by atoms with van der Waals surface area (Å²) in [6, 6.07) is 0. The van der Waals surface area contributed by atoms with Gasteiger partial charge in [-0.3, -0.25) is 4.57 Å². The molecule has 0 fully saturated rings. The first-order chi connectivity index (χ1) is 4.27. The molecule has 0 aromatic carbocycles. The number of alkyl halides is 1. The zero-order valence-electron chi connectivity index (χ0n) is 6.30. The smallest absolute Gasteiger partial charge is 0.323 e. The fourth-order valence-corrected chi connectivity index (χ4v) is 1.50. The van der Waals surface area contributed by atoms with Crippen molar-refractivity contribution in [3.8, 4) is 0 Å². The molecule has 0 saturated carbocycles. The molecule has 0 aliphatic heterocycles. The maximum absolute atomic E-state index is 10.8. The molecule has 0 radical (unpaired) electrons. The lowest BCUT2D eigenvalue weighted by Crippen LogP contribution is -2.17. The molecule has 0 aromatic rings. The highest BCUT2D eigenvalue weighted by molar-refractivity contribution is 7.54. The fraction of sp³-hybridized carbons (Fsp3) is 1.00. The molecule has 62 valence electrons. The Morgan fingerprint density at radius 1 is 1.60 bits per heavy atom. The number of hydrogen-bond acceptors (Lipinski definition) is 2. The molecule has 0 rings (SSSR count). The standard InChI is InChI=1S/C5H12ClO3P/c1-5(2,3)9-10(7,8)4-6/h4H2,1-3H3,(H,7,8). The van der Waals surface area contributed by atoms with Crippen LogP contribution in [0.3, 0.4) is 0 Å². The summed E-state index contributed by atoms with van der Waals surface area (Å²) in [5.74, 6) is 0. The molecule has 10 heavy (non-hydrogen) atoms. The van der Waals surface area contributed by atoms with E-state index in [2.05, 4.69) is 0 Å². The van der Waals surface area contributed by atoms with E-state index in [9.17, 15) is 4.57 Å². The van der Waals surface area contributed by atoms with Gasteiger partial charge in [-0.1, -0.05) is 0 Å². The molecule has 0 aliphatic carbocycles. The summed E-state index contributed by atoms with van der Waals surface area (Å²) < 4.78 is 15.6. The molecule has 3 nitrogen and oxygen atoms in total. The van der Waals surface area contributed by atoms with Crippen molar-refractivity contribution in [2.75, 3.05) is 5.62 Å². The highest BCUT2D eigenvalue weighted by Gasteiger charge is 2.25. The van der Waals surface area contributed by atoms with Gasteiger partial charge in [-0.15, -0.1) is 11.6 Å². The van der Waals surface area contributed by atoms with Gasteiger partial charge in [0.15, 0.2) is 0 Å². The van der Waals surface area contributed by atoms with Crippen molar-refractivity contribution < 1.29 is 14.0 Å².